The minimum absolute atomic E-state index is 0.0320. The van der Waals surface area contributed by atoms with Gasteiger partial charge in [-0.2, -0.15) is 5.10 Å². The van der Waals surface area contributed by atoms with Crippen LogP contribution in [-0.2, 0) is 4.79 Å². The number of nitrogens with zero attached hydrogens (tertiary/aromatic N) is 1. The molecule has 1 aliphatic carbocycles. The van der Waals surface area contributed by atoms with Gasteiger partial charge < -0.3 is 4.74 Å². The van der Waals surface area contributed by atoms with Crippen molar-refractivity contribution in [2.24, 2.45) is 22.4 Å². The number of hydrazone groups is 1. The third-order valence-corrected chi connectivity index (χ3v) is 4.23. The Morgan fingerprint density at radius 3 is 2.77 bits per heavy atom. The number of allylic oxidation sites excluding steroid dienone is 1. The van der Waals surface area contributed by atoms with E-state index in [1.807, 2.05) is 38.1 Å². The Kier molecular flexibility index (Phi) is 5.14. The van der Waals surface area contributed by atoms with Gasteiger partial charge in [-0.1, -0.05) is 49.2 Å². The average molecular weight is 341 g/mol. The van der Waals surface area contributed by atoms with Crippen molar-refractivity contribution in [2.75, 3.05) is 7.11 Å². The molecule has 22 heavy (non-hydrogen) atoms. The van der Waals surface area contributed by atoms with Crippen LogP contribution in [0.4, 0.5) is 0 Å². The van der Waals surface area contributed by atoms with Crippen LogP contribution in [0.5, 0.6) is 5.75 Å². The molecule has 4 nitrogen and oxygen atoms in total. The van der Waals surface area contributed by atoms with E-state index in [2.05, 4.69) is 10.5 Å². The molecule has 6 heteroatoms. The maximum Gasteiger partial charge on any atom is 0.244 e. The molecular formula is C16H18Cl2N2O2. The van der Waals surface area contributed by atoms with Crippen molar-refractivity contribution in [3.05, 3.63) is 40.4 Å². The van der Waals surface area contributed by atoms with Crippen LogP contribution < -0.4 is 10.2 Å². The summed E-state index contributed by atoms with van der Waals surface area (Å²) < 4.78 is 5.32. The Morgan fingerprint density at radius 2 is 2.14 bits per heavy atom. The van der Waals surface area contributed by atoms with Gasteiger partial charge in [-0.3, -0.25) is 4.79 Å². The predicted molar refractivity (Wildman–Crippen MR) is 89.3 cm³/mol. The van der Waals surface area contributed by atoms with Gasteiger partial charge >= 0.3 is 0 Å². The molecule has 118 valence electrons. The van der Waals surface area contributed by atoms with Crippen molar-refractivity contribution in [3.8, 4) is 5.75 Å². The molecule has 0 heterocycles. The van der Waals surface area contributed by atoms with Crippen LogP contribution in [0.2, 0.25) is 0 Å². The highest BCUT2D eigenvalue weighted by Crippen LogP contribution is 2.59. The lowest BCUT2D eigenvalue weighted by molar-refractivity contribution is -0.123. The molecule has 1 aromatic carbocycles. The summed E-state index contributed by atoms with van der Waals surface area (Å²) in [7, 11) is 1.60. The Labute approximate surface area is 140 Å². The summed E-state index contributed by atoms with van der Waals surface area (Å²) in [5, 5.41) is 3.99. The smallest absolute Gasteiger partial charge is 0.244 e. The van der Waals surface area contributed by atoms with E-state index in [4.69, 9.17) is 27.9 Å². The first kappa shape index (κ1) is 16.8. The summed E-state index contributed by atoms with van der Waals surface area (Å²) >= 11 is 11.4. The number of nitrogens with one attached hydrogen (secondary N) is 1. The third-order valence-electron chi connectivity index (χ3n) is 3.98. The average Bonchev–Trinajstić information content (AvgIpc) is 2.99. The molecule has 1 N–H and O–H groups in total. The number of benzene rings is 1. The second kappa shape index (κ2) is 6.71. The Balaban J connectivity index is 1.96. The highest BCUT2D eigenvalue weighted by Gasteiger charge is 2.60. The minimum atomic E-state index is -0.178. The fraction of sp³-hybridized carbons (Fsp3) is 0.375. The molecule has 2 atom stereocenters. The van der Waals surface area contributed by atoms with Gasteiger partial charge in [0.25, 0.3) is 0 Å². The number of ether oxygens (including phenoxy) is 1. The minimum Gasteiger partial charge on any atom is -0.497 e. The maximum absolute atomic E-state index is 12.2. The van der Waals surface area contributed by atoms with Crippen LogP contribution in [0, 0.1) is 17.3 Å². The number of halogens is 2. The second-order valence-electron chi connectivity index (χ2n) is 5.79. The number of carbonyl (C=O) groups is 1. The summed E-state index contributed by atoms with van der Waals surface area (Å²) in [4.78, 5) is 12.2. The second-order valence-corrected chi connectivity index (χ2v) is 6.80. The van der Waals surface area contributed by atoms with Crippen LogP contribution in [0.25, 0.3) is 0 Å². The number of rotatable bonds is 5. The standard InChI is InChI=1S/C16H18Cl2N2O2/c1-16(2)12(8-13(17)18)14(16)15(21)20-19-9-10-5-4-6-11(7-10)22-3/h4-9,12,14H,1-3H3,(H,20,21). The quantitative estimate of drug-likeness (QED) is 0.655. The molecule has 0 aromatic heterocycles. The van der Waals surface area contributed by atoms with Gasteiger partial charge in [-0.25, -0.2) is 5.43 Å². The molecule has 1 amide bonds. The Bertz CT molecular complexity index is 622. The van der Waals surface area contributed by atoms with E-state index >= 15 is 0 Å². The van der Waals surface area contributed by atoms with E-state index < -0.39 is 0 Å². The van der Waals surface area contributed by atoms with Gasteiger partial charge in [0.2, 0.25) is 5.91 Å². The molecule has 1 aromatic rings. The van der Waals surface area contributed by atoms with Gasteiger partial charge in [0, 0.05) is 0 Å². The lowest BCUT2D eigenvalue weighted by Gasteiger charge is -2.02. The zero-order chi connectivity index (χ0) is 16.3. The monoisotopic (exact) mass is 340 g/mol. The fourth-order valence-electron chi connectivity index (χ4n) is 2.59. The summed E-state index contributed by atoms with van der Waals surface area (Å²) in [6.45, 7) is 4.00. The molecule has 0 radical (unpaired) electrons. The van der Waals surface area contributed by atoms with E-state index in [9.17, 15) is 4.79 Å². The zero-order valence-electron chi connectivity index (χ0n) is 12.6. The molecule has 0 bridgehead atoms. The summed E-state index contributed by atoms with van der Waals surface area (Å²) in [5.74, 6) is 0.451. The van der Waals surface area contributed by atoms with Crippen LogP contribution in [0.3, 0.4) is 0 Å². The molecule has 1 saturated carbocycles. The molecule has 0 aliphatic heterocycles. The van der Waals surface area contributed by atoms with Gasteiger partial charge in [0.1, 0.15) is 10.2 Å². The normalized spacial score (nSPS) is 22.2. The van der Waals surface area contributed by atoms with Crippen LogP contribution >= 0.6 is 23.2 Å². The molecule has 2 unspecified atom stereocenters. The molecule has 0 saturated heterocycles. The summed E-state index contributed by atoms with van der Waals surface area (Å²) in [6, 6.07) is 7.40. The lowest BCUT2D eigenvalue weighted by atomic mass is 10.1. The van der Waals surface area contributed by atoms with E-state index in [0.29, 0.717) is 0 Å². The van der Waals surface area contributed by atoms with Crippen molar-refractivity contribution in [1.29, 1.82) is 0 Å². The predicted octanol–water partition coefficient (Wildman–Crippen LogP) is 3.74. The number of carbonyl (C=O) groups excluding carboxylic acids is 1. The Hall–Kier alpha value is -1.52. The van der Waals surface area contributed by atoms with Crippen molar-refractivity contribution >= 4 is 35.3 Å². The molecule has 2 rings (SSSR count). The zero-order valence-corrected chi connectivity index (χ0v) is 14.2. The first-order valence-electron chi connectivity index (χ1n) is 6.86. The van der Waals surface area contributed by atoms with Gasteiger partial charge in [-0.15, -0.1) is 0 Å². The van der Waals surface area contributed by atoms with E-state index in [1.165, 1.54) is 0 Å². The van der Waals surface area contributed by atoms with Crippen molar-refractivity contribution in [2.45, 2.75) is 13.8 Å². The number of hydrogen-bond acceptors (Lipinski definition) is 3. The number of methoxy groups -OCH3 is 1. The Morgan fingerprint density at radius 1 is 1.41 bits per heavy atom. The van der Waals surface area contributed by atoms with E-state index in [0.717, 1.165) is 11.3 Å². The molecule has 1 aliphatic rings. The van der Waals surface area contributed by atoms with Gasteiger partial charge in [0.15, 0.2) is 0 Å². The molecule has 0 spiro atoms. The summed E-state index contributed by atoms with van der Waals surface area (Å²) in [5.41, 5.74) is 3.24. The molecule has 1 fully saturated rings. The molecular weight excluding hydrogens is 323 g/mol. The van der Waals surface area contributed by atoms with Crippen LogP contribution in [0.1, 0.15) is 19.4 Å². The highest BCUT2D eigenvalue weighted by atomic mass is 35.5. The van der Waals surface area contributed by atoms with Crippen LogP contribution in [0.15, 0.2) is 39.9 Å². The SMILES string of the molecule is COc1cccc(C=NNC(=O)C2C(C=C(Cl)Cl)C2(C)C)c1. The number of amides is 1. The van der Waals surface area contributed by atoms with E-state index in [1.54, 1.807) is 19.4 Å². The van der Waals surface area contributed by atoms with Gasteiger partial charge in [0.05, 0.1) is 19.2 Å². The van der Waals surface area contributed by atoms with Crippen molar-refractivity contribution < 1.29 is 9.53 Å². The maximum atomic E-state index is 12.2. The summed E-state index contributed by atoms with van der Waals surface area (Å²) in [6.07, 6.45) is 3.29. The van der Waals surface area contributed by atoms with Crippen LogP contribution in [-0.4, -0.2) is 19.2 Å². The highest BCUT2D eigenvalue weighted by molar-refractivity contribution is 6.55. The van der Waals surface area contributed by atoms with Crippen molar-refractivity contribution in [3.63, 3.8) is 0 Å². The fourth-order valence-corrected chi connectivity index (χ4v) is 2.86. The topological polar surface area (TPSA) is 50.7 Å². The van der Waals surface area contributed by atoms with Gasteiger partial charge in [-0.05, 0) is 35.1 Å². The largest absolute Gasteiger partial charge is 0.497 e. The van der Waals surface area contributed by atoms with Crippen molar-refractivity contribution in [1.82, 2.24) is 5.43 Å². The lowest BCUT2D eigenvalue weighted by Crippen LogP contribution is -2.21. The van der Waals surface area contributed by atoms with E-state index in [-0.39, 0.29) is 27.6 Å². The first-order chi connectivity index (χ1) is 10.4. The first-order valence-corrected chi connectivity index (χ1v) is 7.61. The number of hydrogen-bond donors (Lipinski definition) is 1. The third kappa shape index (κ3) is 3.81.